The lowest BCUT2D eigenvalue weighted by Gasteiger charge is -2.10. The van der Waals surface area contributed by atoms with Crippen molar-refractivity contribution in [3.05, 3.63) is 41.8 Å². The van der Waals surface area contributed by atoms with Crippen LogP contribution >= 0.6 is 0 Å². The molecule has 0 aliphatic rings. The quantitative estimate of drug-likeness (QED) is 0.559. The van der Waals surface area contributed by atoms with Crippen molar-refractivity contribution in [2.45, 2.75) is 52.4 Å². The minimum Gasteiger partial charge on any atom is -0.0654 e. The average Bonchev–Trinajstić information content (AvgIpc) is 2.28. The molecule has 1 rings (SSSR count). The van der Waals surface area contributed by atoms with Crippen LogP contribution in [-0.2, 0) is 6.42 Å². The first-order valence-electron chi connectivity index (χ1n) is 6.18. The number of aryl methyl sites for hydroxylation is 1. The Hall–Kier alpha value is -0.780. The normalized spacial score (nSPS) is 10.9. The summed E-state index contributed by atoms with van der Waals surface area (Å²) in [5.74, 6) is 1.66. The lowest BCUT2D eigenvalue weighted by Crippen LogP contribution is -1.95. The van der Waals surface area contributed by atoms with Crippen molar-refractivity contribution in [1.82, 2.24) is 0 Å². The second kappa shape index (κ2) is 7.50. The van der Waals surface area contributed by atoms with Gasteiger partial charge in [0.05, 0.1) is 0 Å². The molecule has 0 aromatic heterocycles. The summed E-state index contributed by atoms with van der Waals surface area (Å²) in [7, 11) is 0. The van der Waals surface area contributed by atoms with Gasteiger partial charge in [0.1, 0.15) is 0 Å². The fraction of sp³-hybridized carbons (Fsp3) is 0.533. The van der Waals surface area contributed by atoms with Gasteiger partial charge in [-0.05, 0) is 30.7 Å². The highest BCUT2D eigenvalue weighted by atomic mass is 14.1. The molecule has 0 bridgehead atoms. The highest BCUT2D eigenvalue weighted by molar-refractivity contribution is 5.15. The van der Waals surface area contributed by atoms with Crippen LogP contribution in [0.15, 0.2) is 30.3 Å². The topological polar surface area (TPSA) is 0 Å². The van der Waals surface area contributed by atoms with Crippen molar-refractivity contribution in [3.8, 4) is 0 Å². The Balaban J connectivity index is 2.14. The van der Waals surface area contributed by atoms with Crippen LogP contribution in [-0.4, -0.2) is 0 Å². The van der Waals surface area contributed by atoms with Gasteiger partial charge in [-0.15, -0.1) is 0 Å². The van der Waals surface area contributed by atoms with Gasteiger partial charge >= 0.3 is 0 Å². The predicted molar refractivity (Wildman–Crippen MR) is 67.8 cm³/mol. The molecule has 83 valence electrons. The van der Waals surface area contributed by atoms with E-state index in [9.17, 15) is 0 Å². The molecule has 0 fully saturated rings. The molecule has 15 heavy (non-hydrogen) atoms. The standard InChI is InChI=1S/C15H23/c1-3-4-6-9-14(2)12-13-15-10-7-5-8-11-15/h5,7-8,10-11H,3-4,6,9,12-13H2,1-2H3. The van der Waals surface area contributed by atoms with Gasteiger partial charge < -0.3 is 0 Å². The molecule has 0 heteroatoms. The Kier molecular flexibility index (Phi) is 6.15. The first-order valence-corrected chi connectivity index (χ1v) is 6.18. The van der Waals surface area contributed by atoms with Gasteiger partial charge in [0, 0.05) is 0 Å². The van der Waals surface area contributed by atoms with E-state index in [1.807, 2.05) is 0 Å². The Morgan fingerprint density at radius 3 is 2.40 bits per heavy atom. The molecule has 0 aliphatic carbocycles. The van der Waals surface area contributed by atoms with Gasteiger partial charge in [0.2, 0.25) is 0 Å². The first-order chi connectivity index (χ1) is 7.33. The Morgan fingerprint density at radius 2 is 1.73 bits per heavy atom. The van der Waals surface area contributed by atoms with Crippen LogP contribution < -0.4 is 0 Å². The number of hydrogen-bond acceptors (Lipinski definition) is 0. The molecule has 0 atom stereocenters. The monoisotopic (exact) mass is 203 g/mol. The smallest absolute Gasteiger partial charge is 0.0269 e. The number of hydrogen-bond donors (Lipinski definition) is 0. The lowest BCUT2D eigenvalue weighted by atomic mass is 9.96. The molecule has 0 amide bonds. The van der Waals surface area contributed by atoms with Crippen molar-refractivity contribution >= 4 is 0 Å². The molecule has 1 radical (unpaired) electrons. The van der Waals surface area contributed by atoms with E-state index < -0.39 is 0 Å². The zero-order valence-corrected chi connectivity index (χ0v) is 10.1. The summed E-state index contributed by atoms with van der Waals surface area (Å²) < 4.78 is 0. The molecule has 0 nitrogen and oxygen atoms in total. The molecule has 0 unspecified atom stereocenters. The van der Waals surface area contributed by atoms with Crippen LogP contribution in [0.1, 0.15) is 51.5 Å². The molecule has 0 saturated carbocycles. The fourth-order valence-electron chi connectivity index (χ4n) is 1.80. The summed E-state index contributed by atoms with van der Waals surface area (Å²) in [5.41, 5.74) is 1.47. The van der Waals surface area contributed by atoms with Gasteiger partial charge in [-0.1, -0.05) is 63.4 Å². The number of benzene rings is 1. The Morgan fingerprint density at radius 1 is 1.00 bits per heavy atom. The van der Waals surface area contributed by atoms with Crippen molar-refractivity contribution in [2.75, 3.05) is 0 Å². The third-order valence-electron chi connectivity index (χ3n) is 2.89. The highest BCUT2D eigenvalue weighted by Crippen LogP contribution is 2.17. The summed E-state index contributed by atoms with van der Waals surface area (Å²) in [6.07, 6.45) is 7.86. The van der Waals surface area contributed by atoms with E-state index in [4.69, 9.17) is 0 Å². The van der Waals surface area contributed by atoms with Crippen molar-refractivity contribution < 1.29 is 0 Å². The molecule has 0 saturated heterocycles. The van der Waals surface area contributed by atoms with Gasteiger partial charge in [0.25, 0.3) is 0 Å². The first kappa shape index (κ1) is 12.3. The van der Waals surface area contributed by atoms with E-state index in [0.717, 1.165) is 0 Å². The van der Waals surface area contributed by atoms with Gasteiger partial charge in [-0.25, -0.2) is 0 Å². The molecular weight excluding hydrogens is 180 g/mol. The molecule has 0 heterocycles. The van der Waals surface area contributed by atoms with E-state index in [0.29, 0.717) is 0 Å². The Labute approximate surface area is 94.7 Å². The van der Waals surface area contributed by atoms with Gasteiger partial charge in [-0.3, -0.25) is 0 Å². The predicted octanol–water partition coefficient (Wildman–Crippen LogP) is 4.79. The van der Waals surface area contributed by atoms with Crippen LogP contribution in [0.3, 0.4) is 0 Å². The summed E-state index contributed by atoms with van der Waals surface area (Å²) in [4.78, 5) is 0. The summed E-state index contributed by atoms with van der Waals surface area (Å²) >= 11 is 0. The summed E-state index contributed by atoms with van der Waals surface area (Å²) in [5, 5.41) is 0. The molecule has 1 aromatic carbocycles. The highest BCUT2D eigenvalue weighted by Gasteiger charge is 2.02. The molecule has 1 aromatic rings. The van der Waals surface area contributed by atoms with E-state index in [2.05, 4.69) is 44.2 Å². The minimum absolute atomic E-state index is 1.21. The third-order valence-corrected chi connectivity index (χ3v) is 2.89. The van der Waals surface area contributed by atoms with Gasteiger partial charge in [-0.2, -0.15) is 0 Å². The van der Waals surface area contributed by atoms with Crippen LogP contribution in [0.2, 0.25) is 0 Å². The maximum absolute atomic E-state index is 2.30. The third kappa shape index (κ3) is 5.61. The van der Waals surface area contributed by atoms with Crippen LogP contribution in [0, 0.1) is 5.92 Å². The molecule has 0 spiro atoms. The van der Waals surface area contributed by atoms with E-state index in [1.165, 1.54) is 44.1 Å². The summed E-state index contributed by atoms with van der Waals surface area (Å²) in [6, 6.07) is 10.8. The zero-order chi connectivity index (χ0) is 10.9. The molecule has 0 aliphatic heterocycles. The maximum Gasteiger partial charge on any atom is -0.0269 e. The number of rotatable bonds is 7. The van der Waals surface area contributed by atoms with Crippen molar-refractivity contribution in [3.63, 3.8) is 0 Å². The SMILES string of the molecule is CCCCC[C](C)CCc1ccccc1. The second-order valence-electron chi connectivity index (χ2n) is 4.40. The van der Waals surface area contributed by atoms with Crippen LogP contribution in [0.25, 0.3) is 0 Å². The van der Waals surface area contributed by atoms with Crippen LogP contribution in [0.5, 0.6) is 0 Å². The van der Waals surface area contributed by atoms with Crippen molar-refractivity contribution in [1.29, 1.82) is 0 Å². The van der Waals surface area contributed by atoms with E-state index in [1.54, 1.807) is 5.92 Å². The van der Waals surface area contributed by atoms with E-state index in [-0.39, 0.29) is 0 Å². The van der Waals surface area contributed by atoms with E-state index >= 15 is 0 Å². The van der Waals surface area contributed by atoms with Gasteiger partial charge in [0.15, 0.2) is 0 Å². The number of unbranched alkanes of at least 4 members (excludes halogenated alkanes) is 2. The van der Waals surface area contributed by atoms with Crippen LogP contribution in [0.4, 0.5) is 0 Å². The molecule has 0 N–H and O–H groups in total. The zero-order valence-electron chi connectivity index (χ0n) is 10.1. The largest absolute Gasteiger partial charge is 0.0654 e. The fourth-order valence-corrected chi connectivity index (χ4v) is 1.80. The average molecular weight is 203 g/mol. The van der Waals surface area contributed by atoms with Crippen molar-refractivity contribution in [2.24, 2.45) is 0 Å². The molecular formula is C15H23. The second-order valence-corrected chi connectivity index (χ2v) is 4.40. The maximum atomic E-state index is 2.30. The summed E-state index contributed by atoms with van der Waals surface area (Å²) in [6.45, 7) is 4.57. The Bertz CT molecular complexity index is 237. The lowest BCUT2D eigenvalue weighted by molar-refractivity contribution is 0.639. The minimum atomic E-state index is 1.21.